The van der Waals surface area contributed by atoms with E-state index in [2.05, 4.69) is 33.8 Å². The Kier molecular flexibility index (Phi) is 6.37. The zero-order valence-corrected chi connectivity index (χ0v) is 15.2. The monoisotopic (exact) mass is 445 g/mol. The lowest BCUT2D eigenvalue weighted by Gasteiger charge is -2.14. The summed E-state index contributed by atoms with van der Waals surface area (Å²) >= 11 is 7.94. The van der Waals surface area contributed by atoms with Crippen molar-refractivity contribution >= 4 is 39.9 Å². The third kappa shape index (κ3) is 4.66. The second-order valence-electron chi connectivity index (χ2n) is 4.58. The van der Waals surface area contributed by atoms with E-state index in [4.69, 9.17) is 27.5 Å². The fourth-order valence-electron chi connectivity index (χ4n) is 1.94. The summed E-state index contributed by atoms with van der Waals surface area (Å²) in [5.74, 6) is 3.22. The highest BCUT2D eigenvalue weighted by molar-refractivity contribution is 14.1. The van der Waals surface area contributed by atoms with E-state index >= 15 is 0 Å². The number of methoxy groups -OCH3 is 1. The van der Waals surface area contributed by atoms with Gasteiger partial charge >= 0.3 is 0 Å². The lowest BCUT2D eigenvalue weighted by molar-refractivity contribution is 0.328. The van der Waals surface area contributed by atoms with E-state index in [1.54, 1.807) is 19.2 Å². The Labute approximate surface area is 153 Å². The molecule has 2 rings (SSSR count). The van der Waals surface area contributed by atoms with Gasteiger partial charge in [-0.3, -0.25) is 0 Å². The Morgan fingerprint density at radius 3 is 2.78 bits per heavy atom. The van der Waals surface area contributed by atoms with Gasteiger partial charge in [0.1, 0.15) is 12.4 Å². The maximum Gasteiger partial charge on any atom is 0.175 e. The predicted octanol–water partition coefficient (Wildman–Crippen LogP) is 4.72. The summed E-state index contributed by atoms with van der Waals surface area (Å²) in [4.78, 5) is 0. The Morgan fingerprint density at radius 1 is 1.35 bits per heavy atom. The number of ether oxygens (including phenoxy) is 2. The highest BCUT2D eigenvalue weighted by Crippen LogP contribution is 2.34. The normalized spacial score (nSPS) is 10.0. The quantitative estimate of drug-likeness (QED) is 0.516. The summed E-state index contributed by atoms with van der Waals surface area (Å²) < 4.78 is 24.9. The van der Waals surface area contributed by atoms with Gasteiger partial charge in [-0.05, 0) is 58.5 Å². The first-order valence-electron chi connectivity index (χ1n) is 6.66. The SMILES string of the molecule is C#CCOc1c(I)cc(CNc2ccc(F)c(Cl)c2)cc1OC. The van der Waals surface area contributed by atoms with Gasteiger partial charge in [0.05, 0.1) is 15.7 Å². The van der Waals surface area contributed by atoms with Crippen molar-refractivity contribution in [2.75, 3.05) is 19.0 Å². The maximum absolute atomic E-state index is 13.2. The number of benzene rings is 2. The van der Waals surface area contributed by atoms with Gasteiger partial charge in [0.2, 0.25) is 0 Å². The largest absolute Gasteiger partial charge is 0.493 e. The molecule has 0 heterocycles. The van der Waals surface area contributed by atoms with Gasteiger partial charge in [0.25, 0.3) is 0 Å². The molecule has 0 aliphatic carbocycles. The van der Waals surface area contributed by atoms with E-state index in [0.717, 1.165) is 14.8 Å². The van der Waals surface area contributed by atoms with Crippen LogP contribution in [0.15, 0.2) is 30.3 Å². The third-order valence-corrected chi connectivity index (χ3v) is 4.10. The van der Waals surface area contributed by atoms with Crippen LogP contribution in [0.25, 0.3) is 0 Å². The van der Waals surface area contributed by atoms with Crippen LogP contribution in [0.5, 0.6) is 11.5 Å². The van der Waals surface area contributed by atoms with E-state index < -0.39 is 5.82 Å². The van der Waals surface area contributed by atoms with Crippen LogP contribution < -0.4 is 14.8 Å². The molecule has 2 aromatic carbocycles. The van der Waals surface area contributed by atoms with E-state index in [1.807, 2.05) is 12.1 Å². The number of nitrogens with one attached hydrogen (secondary N) is 1. The van der Waals surface area contributed by atoms with E-state index in [-0.39, 0.29) is 11.6 Å². The lowest BCUT2D eigenvalue weighted by atomic mass is 10.2. The molecular weight excluding hydrogens is 432 g/mol. The minimum Gasteiger partial charge on any atom is -0.493 e. The van der Waals surface area contributed by atoms with Crippen molar-refractivity contribution in [3.05, 3.63) is 50.3 Å². The minimum absolute atomic E-state index is 0.0835. The number of hydrogen-bond acceptors (Lipinski definition) is 3. The first-order chi connectivity index (χ1) is 11.0. The van der Waals surface area contributed by atoms with E-state index in [9.17, 15) is 4.39 Å². The van der Waals surface area contributed by atoms with Crippen molar-refractivity contribution in [3.8, 4) is 23.8 Å². The number of halogens is 3. The zero-order chi connectivity index (χ0) is 16.8. The average molecular weight is 446 g/mol. The molecule has 0 radical (unpaired) electrons. The Hall–Kier alpha value is -1.65. The Balaban J connectivity index is 2.15. The van der Waals surface area contributed by atoms with Crippen molar-refractivity contribution in [1.82, 2.24) is 0 Å². The molecule has 3 nitrogen and oxygen atoms in total. The fourth-order valence-corrected chi connectivity index (χ4v) is 2.94. The maximum atomic E-state index is 13.2. The van der Waals surface area contributed by atoms with Crippen LogP contribution in [-0.4, -0.2) is 13.7 Å². The minimum atomic E-state index is -0.441. The predicted molar refractivity (Wildman–Crippen MR) is 98.8 cm³/mol. The second-order valence-corrected chi connectivity index (χ2v) is 6.15. The van der Waals surface area contributed by atoms with Crippen molar-refractivity contribution < 1.29 is 13.9 Å². The van der Waals surface area contributed by atoms with Crippen LogP contribution >= 0.6 is 34.2 Å². The van der Waals surface area contributed by atoms with Gasteiger partial charge in [0.15, 0.2) is 11.5 Å². The van der Waals surface area contributed by atoms with Crippen LogP contribution in [0, 0.1) is 21.7 Å². The first kappa shape index (κ1) is 17.7. The molecule has 0 bridgehead atoms. The molecule has 0 aromatic heterocycles. The molecule has 1 N–H and O–H groups in total. The molecule has 0 fully saturated rings. The van der Waals surface area contributed by atoms with Gasteiger partial charge in [0, 0.05) is 12.2 Å². The molecule has 0 spiro atoms. The smallest absolute Gasteiger partial charge is 0.175 e. The lowest BCUT2D eigenvalue weighted by Crippen LogP contribution is -2.03. The zero-order valence-electron chi connectivity index (χ0n) is 12.3. The molecule has 0 aliphatic heterocycles. The summed E-state index contributed by atoms with van der Waals surface area (Å²) in [6.45, 7) is 0.710. The fraction of sp³-hybridized carbons (Fsp3) is 0.176. The van der Waals surface area contributed by atoms with Crippen LogP contribution in [0.4, 0.5) is 10.1 Å². The molecule has 2 aromatic rings. The van der Waals surface area contributed by atoms with Crippen LogP contribution in [-0.2, 0) is 6.54 Å². The van der Waals surface area contributed by atoms with E-state index in [1.165, 1.54) is 6.07 Å². The van der Waals surface area contributed by atoms with Crippen molar-refractivity contribution in [1.29, 1.82) is 0 Å². The summed E-state index contributed by atoms with van der Waals surface area (Å²) in [7, 11) is 1.57. The molecular formula is C17H14ClFINO2. The Bertz CT molecular complexity index is 746. The summed E-state index contributed by atoms with van der Waals surface area (Å²) in [6, 6.07) is 8.34. The number of rotatable bonds is 6. The molecule has 0 atom stereocenters. The van der Waals surface area contributed by atoms with Crippen molar-refractivity contribution in [2.45, 2.75) is 6.54 Å². The number of terminal acetylenes is 1. The number of anilines is 1. The highest BCUT2D eigenvalue weighted by atomic mass is 127. The van der Waals surface area contributed by atoms with Crippen LogP contribution in [0.2, 0.25) is 5.02 Å². The molecule has 0 saturated carbocycles. The molecule has 0 amide bonds. The topological polar surface area (TPSA) is 30.5 Å². The van der Waals surface area contributed by atoms with Gasteiger partial charge in [-0.1, -0.05) is 17.5 Å². The van der Waals surface area contributed by atoms with Gasteiger partial charge in [-0.2, -0.15) is 0 Å². The molecule has 23 heavy (non-hydrogen) atoms. The molecule has 0 unspecified atom stereocenters. The molecule has 0 saturated heterocycles. The van der Waals surface area contributed by atoms with Crippen molar-refractivity contribution in [2.24, 2.45) is 0 Å². The second kappa shape index (κ2) is 8.27. The van der Waals surface area contributed by atoms with Gasteiger partial charge in [-0.25, -0.2) is 4.39 Å². The molecule has 6 heteroatoms. The average Bonchev–Trinajstić information content (AvgIpc) is 2.54. The Morgan fingerprint density at radius 2 is 2.13 bits per heavy atom. The summed E-state index contributed by atoms with van der Waals surface area (Å²) in [6.07, 6.45) is 5.22. The third-order valence-electron chi connectivity index (χ3n) is 3.01. The molecule has 120 valence electrons. The van der Waals surface area contributed by atoms with Crippen LogP contribution in [0.3, 0.4) is 0 Å². The molecule has 0 aliphatic rings. The first-order valence-corrected chi connectivity index (χ1v) is 8.12. The summed E-state index contributed by atoms with van der Waals surface area (Å²) in [5, 5.41) is 3.27. The number of hydrogen-bond donors (Lipinski definition) is 1. The van der Waals surface area contributed by atoms with Gasteiger partial charge < -0.3 is 14.8 Å². The van der Waals surface area contributed by atoms with Gasteiger partial charge in [-0.15, -0.1) is 6.42 Å². The van der Waals surface area contributed by atoms with E-state index in [0.29, 0.717) is 18.0 Å². The van der Waals surface area contributed by atoms with Crippen molar-refractivity contribution in [3.63, 3.8) is 0 Å². The standard InChI is InChI=1S/C17H14ClFINO2/c1-3-6-23-17-15(20)7-11(8-16(17)22-2)10-21-12-4-5-14(19)13(18)9-12/h1,4-5,7-9,21H,6,10H2,2H3. The summed E-state index contributed by atoms with van der Waals surface area (Å²) in [5.41, 5.74) is 1.72. The highest BCUT2D eigenvalue weighted by Gasteiger charge is 2.11. The van der Waals surface area contributed by atoms with Crippen LogP contribution in [0.1, 0.15) is 5.56 Å².